The summed E-state index contributed by atoms with van der Waals surface area (Å²) in [6.45, 7) is 5.47. The number of ketones is 1. The predicted molar refractivity (Wildman–Crippen MR) is 53.1 cm³/mol. The quantitative estimate of drug-likeness (QED) is 0.714. The minimum Gasteiger partial charge on any atom is -0.297 e. The summed E-state index contributed by atoms with van der Waals surface area (Å²) in [5.74, 6) is -0.0468. The molecule has 76 valence electrons. The van der Waals surface area contributed by atoms with Crippen LogP contribution in [-0.2, 0) is 11.3 Å². The second-order valence-electron chi connectivity index (χ2n) is 3.59. The normalized spacial score (nSPS) is 10.6. The molecule has 0 aliphatic heterocycles. The molecule has 0 saturated carbocycles. The van der Waals surface area contributed by atoms with Crippen LogP contribution in [0.15, 0.2) is 16.9 Å². The molecular formula is C10H14N2O2. The number of Topliss-reactive ketones (excluding diaryl/α,β-unsaturated/α-hetero) is 1. The second kappa shape index (κ2) is 4.17. The molecule has 14 heavy (non-hydrogen) atoms. The van der Waals surface area contributed by atoms with Crippen LogP contribution in [0.25, 0.3) is 0 Å². The van der Waals surface area contributed by atoms with E-state index in [1.54, 1.807) is 13.0 Å². The molecule has 4 heteroatoms. The van der Waals surface area contributed by atoms with Gasteiger partial charge in [0.25, 0.3) is 5.56 Å². The van der Waals surface area contributed by atoms with Gasteiger partial charge in [-0.25, -0.2) is 4.68 Å². The van der Waals surface area contributed by atoms with Crippen molar-refractivity contribution < 1.29 is 4.79 Å². The van der Waals surface area contributed by atoms with Crippen molar-refractivity contribution in [3.8, 4) is 0 Å². The van der Waals surface area contributed by atoms with Crippen LogP contribution < -0.4 is 5.56 Å². The molecule has 0 N–H and O–H groups in total. The van der Waals surface area contributed by atoms with Gasteiger partial charge in [-0.05, 0) is 13.0 Å². The Hall–Kier alpha value is -1.45. The summed E-state index contributed by atoms with van der Waals surface area (Å²) in [6.07, 6.45) is 0. The average Bonchev–Trinajstić information content (AvgIpc) is 2.11. The lowest BCUT2D eigenvalue weighted by molar-refractivity contribution is -0.122. The Morgan fingerprint density at radius 1 is 1.50 bits per heavy atom. The van der Waals surface area contributed by atoms with Crippen molar-refractivity contribution in [1.29, 1.82) is 0 Å². The van der Waals surface area contributed by atoms with Crippen LogP contribution in [-0.4, -0.2) is 15.6 Å². The zero-order valence-corrected chi connectivity index (χ0v) is 8.65. The lowest BCUT2D eigenvalue weighted by Gasteiger charge is -2.06. The van der Waals surface area contributed by atoms with E-state index in [1.165, 1.54) is 10.7 Å². The minimum absolute atomic E-state index is 0.0187. The standard InChI is InChI=1S/C10H14N2O2/c1-7(2)9(13)6-12-10(14)5-4-8(3)11-12/h4-5,7H,6H2,1-3H3. The molecule has 1 aromatic rings. The third-order valence-corrected chi connectivity index (χ3v) is 1.95. The van der Waals surface area contributed by atoms with Gasteiger partial charge in [0.15, 0.2) is 5.78 Å². The van der Waals surface area contributed by atoms with E-state index >= 15 is 0 Å². The summed E-state index contributed by atoms with van der Waals surface area (Å²) in [7, 11) is 0. The van der Waals surface area contributed by atoms with Crippen molar-refractivity contribution >= 4 is 5.78 Å². The second-order valence-corrected chi connectivity index (χ2v) is 3.59. The molecule has 0 aliphatic carbocycles. The molecule has 0 unspecified atom stereocenters. The monoisotopic (exact) mass is 194 g/mol. The molecule has 1 heterocycles. The van der Waals surface area contributed by atoms with Crippen molar-refractivity contribution in [1.82, 2.24) is 9.78 Å². The zero-order chi connectivity index (χ0) is 10.7. The summed E-state index contributed by atoms with van der Waals surface area (Å²) in [5, 5.41) is 3.98. The first-order chi connectivity index (χ1) is 6.50. The van der Waals surface area contributed by atoms with E-state index in [1.807, 2.05) is 13.8 Å². The van der Waals surface area contributed by atoms with Gasteiger partial charge in [0, 0.05) is 12.0 Å². The molecule has 0 spiro atoms. The highest BCUT2D eigenvalue weighted by Crippen LogP contribution is 1.96. The molecular weight excluding hydrogens is 180 g/mol. The maximum atomic E-state index is 11.4. The van der Waals surface area contributed by atoms with Gasteiger partial charge in [-0.1, -0.05) is 13.8 Å². The van der Waals surface area contributed by atoms with E-state index < -0.39 is 0 Å². The highest BCUT2D eigenvalue weighted by atomic mass is 16.1. The topological polar surface area (TPSA) is 52.0 Å². The third-order valence-electron chi connectivity index (χ3n) is 1.95. The van der Waals surface area contributed by atoms with Crippen LogP contribution in [0.4, 0.5) is 0 Å². The molecule has 0 aromatic carbocycles. The van der Waals surface area contributed by atoms with Crippen LogP contribution in [0.3, 0.4) is 0 Å². The van der Waals surface area contributed by atoms with Gasteiger partial charge in [0.2, 0.25) is 0 Å². The summed E-state index contributed by atoms with van der Waals surface area (Å²) in [4.78, 5) is 22.7. The first-order valence-electron chi connectivity index (χ1n) is 4.58. The highest BCUT2D eigenvalue weighted by Gasteiger charge is 2.09. The third kappa shape index (κ3) is 2.52. The minimum atomic E-state index is -0.232. The Morgan fingerprint density at radius 3 is 2.71 bits per heavy atom. The number of aryl methyl sites for hydroxylation is 1. The number of aromatic nitrogens is 2. The van der Waals surface area contributed by atoms with E-state index in [0.717, 1.165) is 5.69 Å². The number of carbonyl (C=O) groups excluding carboxylic acids is 1. The summed E-state index contributed by atoms with van der Waals surface area (Å²) >= 11 is 0. The largest absolute Gasteiger partial charge is 0.297 e. The SMILES string of the molecule is Cc1ccc(=O)n(CC(=O)C(C)C)n1. The van der Waals surface area contributed by atoms with Crippen molar-refractivity contribution in [2.75, 3.05) is 0 Å². The average molecular weight is 194 g/mol. The van der Waals surface area contributed by atoms with Gasteiger partial charge in [0.1, 0.15) is 6.54 Å². The Labute approximate surface area is 82.6 Å². The van der Waals surface area contributed by atoms with E-state index in [-0.39, 0.29) is 23.8 Å². The fraction of sp³-hybridized carbons (Fsp3) is 0.500. The van der Waals surface area contributed by atoms with Crippen molar-refractivity contribution in [3.05, 3.63) is 28.2 Å². The molecule has 0 aliphatic rings. The molecule has 1 aromatic heterocycles. The van der Waals surface area contributed by atoms with E-state index in [2.05, 4.69) is 5.10 Å². The maximum Gasteiger partial charge on any atom is 0.267 e. The Balaban J connectivity index is 2.92. The van der Waals surface area contributed by atoms with Crippen LogP contribution in [0, 0.1) is 12.8 Å². The summed E-state index contributed by atoms with van der Waals surface area (Å²) < 4.78 is 1.21. The Morgan fingerprint density at radius 2 is 2.14 bits per heavy atom. The fourth-order valence-electron chi connectivity index (χ4n) is 0.994. The van der Waals surface area contributed by atoms with Crippen molar-refractivity contribution in [2.24, 2.45) is 5.92 Å². The van der Waals surface area contributed by atoms with Crippen LogP contribution in [0.1, 0.15) is 19.5 Å². The molecule has 0 fully saturated rings. The van der Waals surface area contributed by atoms with E-state index in [4.69, 9.17) is 0 Å². The van der Waals surface area contributed by atoms with Gasteiger partial charge in [-0.2, -0.15) is 5.10 Å². The van der Waals surface area contributed by atoms with Crippen LogP contribution in [0.2, 0.25) is 0 Å². The fourth-order valence-corrected chi connectivity index (χ4v) is 0.994. The summed E-state index contributed by atoms with van der Waals surface area (Å²) in [5.41, 5.74) is 0.505. The molecule has 0 amide bonds. The number of carbonyl (C=O) groups is 1. The zero-order valence-electron chi connectivity index (χ0n) is 8.65. The van der Waals surface area contributed by atoms with E-state index in [9.17, 15) is 9.59 Å². The van der Waals surface area contributed by atoms with Crippen molar-refractivity contribution in [2.45, 2.75) is 27.3 Å². The lowest BCUT2D eigenvalue weighted by Crippen LogP contribution is -2.28. The van der Waals surface area contributed by atoms with Crippen LogP contribution in [0.5, 0.6) is 0 Å². The molecule has 0 saturated heterocycles. The first-order valence-corrected chi connectivity index (χ1v) is 4.58. The first kappa shape index (κ1) is 10.6. The molecule has 0 bridgehead atoms. The highest BCUT2D eigenvalue weighted by molar-refractivity contribution is 5.79. The van der Waals surface area contributed by atoms with E-state index in [0.29, 0.717) is 0 Å². The maximum absolute atomic E-state index is 11.4. The smallest absolute Gasteiger partial charge is 0.267 e. The van der Waals surface area contributed by atoms with Gasteiger partial charge in [0.05, 0.1) is 5.69 Å². The molecule has 0 atom stereocenters. The van der Waals surface area contributed by atoms with Gasteiger partial charge in [-0.3, -0.25) is 9.59 Å². The van der Waals surface area contributed by atoms with Gasteiger partial charge < -0.3 is 0 Å². The van der Waals surface area contributed by atoms with Crippen LogP contribution >= 0.6 is 0 Å². The number of nitrogens with zero attached hydrogens (tertiary/aromatic N) is 2. The van der Waals surface area contributed by atoms with Crippen molar-refractivity contribution in [3.63, 3.8) is 0 Å². The Kier molecular flexibility index (Phi) is 3.17. The number of rotatable bonds is 3. The lowest BCUT2D eigenvalue weighted by atomic mass is 10.1. The molecule has 0 radical (unpaired) electrons. The predicted octanol–water partition coefficient (Wildman–Crippen LogP) is 0.777. The molecule has 4 nitrogen and oxygen atoms in total. The van der Waals surface area contributed by atoms with Gasteiger partial charge >= 0.3 is 0 Å². The van der Waals surface area contributed by atoms with Gasteiger partial charge in [-0.15, -0.1) is 0 Å². The Bertz CT molecular complexity index is 393. The number of hydrogen-bond acceptors (Lipinski definition) is 3. The summed E-state index contributed by atoms with van der Waals surface area (Å²) in [6, 6.07) is 3.06. The number of hydrogen-bond donors (Lipinski definition) is 0. The molecule has 1 rings (SSSR count).